The standard InChI is InChI=1S/C7H12O6/c1-3-4-5-11-13-7(9)6(8)12-10-2/h3-5H2,1-2H3. The zero-order valence-corrected chi connectivity index (χ0v) is 7.57. The highest BCUT2D eigenvalue weighted by Gasteiger charge is 2.19. The van der Waals surface area contributed by atoms with E-state index in [2.05, 4.69) is 19.6 Å². The topological polar surface area (TPSA) is 71.1 Å². The predicted octanol–water partition coefficient (Wildman–Crippen LogP) is 0.366. The maximum Gasteiger partial charge on any atom is 0.453 e. The predicted molar refractivity (Wildman–Crippen MR) is 40.1 cm³/mol. The maximum atomic E-state index is 10.6. The van der Waals surface area contributed by atoms with Crippen molar-refractivity contribution in [3.05, 3.63) is 0 Å². The van der Waals surface area contributed by atoms with Crippen molar-refractivity contribution in [2.45, 2.75) is 19.8 Å². The molecular formula is C7H12O6. The van der Waals surface area contributed by atoms with Gasteiger partial charge >= 0.3 is 11.9 Å². The lowest BCUT2D eigenvalue weighted by molar-refractivity contribution is -0.289. The van der Waals surface area contributed by atoms with Crippen molar-refractivity contribution in [2.75, 3.05) is 13.7 Å². The zero-order valence-electron chi connectivity index (χ0n) is 7.57. The lowest BCUT2D eigenvalue weighted by Gasteiger charge is -2.00. The quantitative estimate of drug-likeness (QED) is 0.271. The molecule has 76 valence electrons. The lowest BCUT2D eigenvalue weighted by Crippen LogP contribution is -2.20. The molecule has 0 radical (unpaired) electrons. The fourth-order valence-electron chi connectivity index (χ4n) is 0.442. The van der Waals surface area contributed by atoms with Gasteiger partial charge in [-0.05, 0) is 6.42 Å². The molecule has 0 atom stereocenters. The fraction of sp³-hybridized carbons (Fsp3) is 0.714. The molecule has 0 amide bonds. The number of hydrogen-bond acceptors (Lipinski definition) is 6. The van der Waals surface area contributed by atoms with Crippen molar-refractivity contribution in [3.8, 4) is 0 Å². The van der Waals surface area contributed by atoms with E-state index in [0.717, 1.165) is 20.0 Å². The summed E-state index contributed by atoms with van der Waals surface area (Å²) in [5.74, 6) is -2.49. The summed E-state index contributed by atoms with van der Waals surface area (Å²) in [4.78, 5) is 37.4. The minimum Gasteiger partial charge on any atom is -0.286 e. The third-order valence-electron chi connectivity index (χ3n) is 1.04. The van der Waals surface area contributed by atoms with E-state index in [0.29, 0.717) is 0 Å². The fourth-order valence-corrected chi connectivity index (χ4v) is 0.442. The summed E-state index contributed by atoms with van der Waals surface area (Å²) in [6, 6.07) is 0. The van der Waals surface area contributed by atoms with Crippen LogP contribution in [0.1, 0.15) is 19.8 Å². The molecule has 0 saturated heterocycles. The van der Waals surface area contributed by atoms with Crippen LogP contribution < -0.4 is 0 Å². The first-order valence-electron chi connectivity index (χ1n) is 3.80. The Kier molecular flexibility index (Phi) is 6.85. The van der Waals surface area contributed by atoms with Gasteiger partial charge in [0.25, 0.3) is 0 Å². The van der Waals surface area contributed by atoms with Crippen LogP contribution >= 0.6 is 0 Å². The Hall–Kier alpha value is -1.14. The van der Waals surface area contributed by atoms with Crippen LogP contribution in [0.15, 0.2) is 0 Å². The summed E-state index contributed by atoms with van der Waals surface area (Å²) in [6.07, 6.45) is 1.65. The summed E-state index contributed by atoms with van der Waals surface area (Å²) in [6.45, 7) is 2.20. The third-order valence-corrected chi connectivity index (χ3v) is 1.04. The van der Waals surface area contributed by atoms with Gasteiger partial charge in [-0.1, -0.05) is 13.3 Å². The van der Waals surface area contributed by atoms with Gasteiger partial charge in [0.2, 0.25) is 0 Å². The molecule has 0 bridgehead atoms. The first-order chi connectivity index (χ1) is 6.22. The molecule has 6 nitrogen and oxygen atoms in total. The number of rotatable bonds is 5. The highest BCUT2D eigenvalue weighted by Crippen LogP contribution is 1.91. The van der Waals surface area contributed by atoms with E-state index in [4.69, 9.17) is 0 Å². The molecular weight excluding hydrogens is 180 g/mol. The molecule has 0 aromatic carbocycles. The van der Waals surface area contributed by atoms with Crippen LogP contribution in [-0.2, 0) is 29.1 Å². The maximum absolute atomic E-state index is 10.6. The van der Waals surface area contributed by atoms with Gasteiger partial charge < -0.3 is 0 Å². The molecule has 0 aromatic rings. The van der Waals surface area contributed by atoms with E-state index < -0.39 is 11.9 Å². The second-order valence-electron chi connectivity index (χ2n) is 2.08. The average Bonchev–Trinajstić information content (AvgIpc) is 2.12. The summed E-state index contributed by atoms with van der Waals surface area (Å²) in [7, 11) is 1.10. The van der Waals surface area contributed by atoms with Gasteiger partial charge in [0.05, 0.1) is 13.7 Å². The molecule has 6 heteroatoms. The number of carbonyl (C=O) groups is 2. The Balaban J connectivity index is 3.44. The summed E-state index contributed by atoms with van der Waals surface area (Å²) < 4.78 is 0. The molecule has 0 unspecified atom stereocenters. The lowest BCUT2D eigenvalue weighted by atomic mass is 10.4. The highest BCUT2D eigenvalue weighted by atomic mass is 17.2. The van der Waals surface area contributed by atoms with Gasteiger partial charge in [0, 0.05) is 0 Å². The van der Waals surface area contributed by atoms with Crippen molar-refractivity contribution in [3.63, 3.8) is 0 Å². The molecule has 0 rings (SSSR count). The van der Waals surface area contributed by atoms with Crippen LogP contribution in [0.4, 0.5) is 0 Å². The van der Waals surface area contributed by atoms with E-state index in [1.54, 1.807) is 0 Å². The van der Waals surface area contributed by atoms with E-state index >= 15 is 0 Å². The van der Waals surface area contributed by atoms with Crippen LogP contribution in [0.25, 0.3) is 0 Å². The SMILES string of the molecule is CCCCOOC(=O)C(=O)OOC. The smallest absolute Gasteiger partial charge is 0.286 e. The number of hydrogen-bond donors (Lipinski definition) is 0. The van der Waals surface area contributed by atoms with Crippen LogP contribution in [0, 0.1) is 0 Å². The van der Waals surface area contributed by atoms with Gasteiger partial charge in [-0.25, -0.2) is 9.59 Å². The Bertz CT molecular complexity index is 166. The normalized spacial score (nSPS) is 9.38. The average molecular weight is 192 g/mol. The number of unbranched alkanes of at least 4 members (excludes halogenated alkanes) is 1. The van der Waals surface area contributed by atoms with E-state index in [1.807, 2.05) is 6.92 Å². The Labute approximate surface area is 75.6 Å². The number of carbonyl (C=O) groups excluding carboxylic acids is 2. The first kappa shape index (κ1) is 11.9. The minimum absolute atomic E-state index is 0.252. The van der Waals surface area contributed by atoms with Crippen LogP contribution in [0.2, 0.25) is 0 Å². The van der Waals surface area contributed by atoms with E-state index in [9.17, 15) is 9.59 Å². The first-order valence-corrected chi connectivity index (χ1v) is 3.80. The van der Waals surface area contributed by atoms with Gasteiger partial charge in [-0.3, -0.25) is 9.78 Å². The van der Waals surface area contributed by atoms with Crippen molar-refractivity contribution in [1.82, 2.24) is 0 Å². The largest absolute Gasteiger partial charge is 0.453 e. The molecule has 0 heterocycles. The van der Waals surface area contributed by atoms with Crippen molar-refractivity contribution in [2.24, 2.45) is 0 Å². The molecule has 0 spiro atoms. The van der Waals surface area contributed by atoms with Crippen molar-refractivity contribution < 1.29 is 29.1 Å². The summed E-state index contributed by atoms with van der Waals surface area (Å²) >= 11 is 0. The third kappa shape index (κ3) is 6.06. The monoisotopic (exact) mass is 192 g/mol. The molecule has 13 heavy (non-hydrogen) atoms. The zero-order chi connectivity index (χ0) is 10.1. The highest BCUT2D eigenvalue weighted by molar-refractivity contribution is 6.29. The molecule has 0 aliphatic carbocycles. The van der Waals surface area contributed by atoms with Crippen molar-refractivity contribution in [1.29, 1.82) is 0 Å². The van der Waals surface area contributed by atoms with Crippen LogP contribution in [0.3, 0.4) is 0 Å². The Morgan fingerprint density at radius 3 is 2.31 bits per heavy atom. The molecule has 0 N–H and O–H groups in total. The van der Waals surface area contributed by atoms with E-state index in [-0.39, 0.29) is 6.61 Å². The molecule has 0 fully saturated rings. The van der Waals surface area contributed by atoms with Gasteiger partial charge in [0.15, 0.2) is 0 Å². The van der Waals surface area contributed by atoms with Crippen LogP contribution in [-0.4, -0.2) is 25.7 Å². The summed E-state index contributed by atoms with van der Waals surface area (Å²) in [5.41, 5.74) is 0. The second-order valence-corrected chi connectivity index (χ2v) is 2.08. The molecule has 0 aliphatic rings. The van der Waals surface area contributed by atoms with Gasteiger partial charge in [0.1, 0.15) is 0 Å². The summed E-state index contributed by atoms with van der Waals surface area (Å²) in [5, 5.41) is 0. The van der Waals surface area contributed by atoms with E-state index in [1.165, 1.54) is 0 Å². The van der Waals surface area contributed by atoms with Gasteiger partial charge in [-0.2, -0.15) is 9.78 Å². The second kappa shape index (κ2) is 7.51. The Morgan fingerprint density at radius 2 is 1.77 bits per heavy atom. The molecule has 0 aromatic heterocycles. The molecule has 0 saturated carbocycles. The Morgan fingerprint density at radius 1 is 1.15 bits per heavy atom. The van der Waals surface area contributed by atoms with Crippen molar-refractivity contribution >= 4 is 11.9 Å². The van der Waals surface area contributed by atoms with Gasteiger partial charge in [-0.15, -0.1) is 0 Å². The molecule has 0 aliphatic heterocycles. The minimum atomic E-state index is -1.25. The van der Waals surface area contributed by atoms with Crippen LogP contribution in [0.5, 0.6) is 0 Å².